The molecular formula is C17H31N5O2S. The molecule has 7 nitrogen and oxygen atoms in total. The van der Waals surface area contributed by atoms with Gasteiger partial charge in [-0.2, -0.15) is 0 Å². The van der Waals surface area contributed by atoms with E-state index in [9.17, 15) is 4.79 Å². The highest BCUT2D eigenvalue weighted by atomic mass is 32.1. The standard InChI is InChI=1S/C17H31N5O2S/c1-12-13(2)25-14(22-12)8-11-20-15(18-6)19-9-7-10-21-16(23)24-17(3,4)5/h7-11H2,1-6H3,(H,21,23)(H2,18,19,20). The zero-order valence-electron chi connectivity index (χ0n) is 16.2. The van der Waals surface area contributed by atoms with Crippen LogP contribution >= 0.6 is 11.3 Å². The van der Waals surface area contributed by atoms with E-state index in [1.807, 2.05) is 27.7 Å². The number of aliphatic imine (C=N–C) groups is 1. The molecule has 25 heavy (non-hydrogen) atoms. The lowest BCUT2D eigenvalue weighted by molar-refractivity contribution is 0.0527. The number of carbonyl (C=O) groups is 1. The predicted molar refractivity (Wildman–Crippen MR) is 104 cm³/mol. The quantitative estimate of drug-likeness (QED) is 0.390. The van der Waals surface area contributed by atoms with Crippen molar-refractivity contribution in [2.24, 2.45) is 4.99 Å². The van der Waals surface area contributed by atoms with Gasteiger partial charge in [0.15, 0.2) is 5.96 Å². The van der Waals surface area contributed by atoms with E-state index in [0.717, 1.165) is 36.0 Å². The number of alkyl carbamates (subject to hydrolysis) is 1. The molecule has 0 bridgehead atoms. The zero-order valence-corrected chi connectivity index (χ0v) is 17.0. The average molecular weight is 370 g/mol. The van der Waals surface area contributed by atoms with E-state index in [4.69, 9.17) is 4.74 Å². The van der Waals surface area contributed by atoms with Crippen LogP contribution < -0.4 is 16.0 Å². The molecule has 0 unspecified atom stereocenters. The number of nitrogens with one attached hydrogen (secondary N) is 3. The molecule has 1 heterocycles. The first-order valence-corrected chi connectivity index (χ1v) is 9.37. The Hall–Kier alpha value is -1.83. The van der Waals surface area contributed by atoms with Crippen molar-refractivity contribution < 1.29 is 9.53 Å². The van der Waals surface area contributed by atoms with Crippen molar-refractivity contribution in [1.82, 2.24) is 20.9 Å². The molecule has 0 atom stereocenters. The highest BCUT2D eigenvalue weighted by Crippen LogP contribution is 2.16. The predicted octanol–water partition coefficient (Wildman–Crippen LogP) is 2.38. The van der Waals surface area contributed by atoms with Gasteiger partial charge < -0.3 is 20.7 Å². The van der Waals surface area contributed by atoms with Crippen LogP contribution in [0.25, 0.3) is 0 Å². The van der Waals surface area contributed by atoms with Crippen LogP contribution in [0, 0.1) is 13.8 Å². The van der Waals surface area contributed by atoms with Crippen LogP contribution in [0.1, 0.15) is 42.8 Å². The van der Waals surface area contributed by atoms with Gasteiger partial charge in [-0.15, -0.1) is 11.3 Å². The molecule has 8 heteroatoms. The number of thiazole rings is 1. The van der Waals surface area contributed by atoms with E-state index < -0.39 is 5.60 Å². The average Bonchev–Trinajstić information content (AvgIpc) is 2.81. The third kappa shape index (κ3) is 9.28. The van der Waals surface area contributed by atoms with Crippen LogP contribution in [0.5, 0.6) is 0 Å². The first-order chi connectivity index (χ1) is 11.7. The van der Waals surface area contributed by atoms with Gasteiger partial charge in [0.2, 0.25) is 0 Å². The lowest BCUT2D eigenvalue weighted by atomic mass is 10.2. The fraction of sp³-hybridized carbons (Fsp3) is 0.706. The molecule has 0 spiro atoms. The van der Waals surface area contributed by atoms with E-state index in [2.05, 4.69) is 32.9 Å². The first-order valence-electron chi connectivity index (χ1n) is 8.55. The number of hydrogen-bond donors (Lipinski definition) is 3. The molecule has 1 rings (SSSR count). The molecule has 0 aromatic carbocycles. The van der Waals surface area contributed by atoms with Crippen molar-refractivity contribution in [3.05, 3.63) is 15.6 Å². The minimum atomic E-state index is -0.469. The van der Waals surface area contributed by atoms with Crippen LogP contribution in [0.15, 0.2) is 4.99 Å². The van der Waals surface area contributed by atoms with Crippen LogP contribution in [0.2, 0.25) is 0 Å². The van der Waals surface area contributed by atoms with Gasteiger partial charge in [0.25, 0.3) is 0 Å². The van der Waals surface area contributed by atoms with Crippen LogP contribution in [0.4, 0.5) is 4.79 Å². The van der Waals surface area contributed by atoms with Gasteiger partial charge >= 0.3 is 6.09 Å². The number of nitrogens with zero attached hydrogens (tertiary/aromatic N) is 2. The maximum absolute atomic E-state index is 11.5. The summed E-state index contributed by atoms with van der Waals surface area (Å²) in [5, 5.41) is 10.4. The maximum Gasteiger partial charge on any atom is 0.407 e. The van der Waals surface area contributed by atoms with E-state index >= 15 is 0 Å². The molecule has 1 aromatic rings. The molecule has 0 radical (unpaired) electrons. The molecule has 0 aliphatic carbocycles. The minimum absolute atomic E-state index is 0.385. The fourth-order valence-electron chi connectivity index (χ4n) is 1.95. The van der Waals surface area contributed by atoms with E-state index in [0.29, 0.717) is 13.1 Å². The molecule has 0 saturated heterocycles. The summed E-state index contributed by atoms with van der Waals surface area (Å²) in [7, 11) is 1.74. The molecule has 142 valence electrons. The van der Waals surface area contributed by atoms with Gasteiger partial charge in [0, 0.05) is 38.0 Å². The van der Waals surface area contributed by atoms with Crippen molar-refractivity contribution in [2.75, 3.05) is 26.7 Å². The van der Waals surface area contributed by atoms with Crippen molar-refractivity contribution in [1.29, 1.82) is 0 Å². The van der Waals surface area contributed by atoms with E-state index in [1.54, 1.807) is 18.4 Å². The number of ether oxygens (including phenoxy) is 1. The first kappa shape index (κ1) is 21.2. The number of amides is 1. The van der Waals surface area contributed by atoms with Crippen LogP contribution in [0.3, 0.4) is 0 Å². The van der Waals surface area contributed by atoms with Crippen molar-refractivity contribution in [3.8, 4) is 0 Å². The van der Waals surface area contributed by atoms with Gasteiger partial charge in [0.1, 0.15) is 5.60 Å². The molecular weight excluding hydrogens is 338 g/mol. The Bertz CT molecular complexity index is 559. The zero-order chi connectivity index (χ0) is 18.9. The Morgan fingerprint density at radius 1 is 1.16 bits per heavy atom. The Morgan fingerprint density at radius 3 is 2.36 bits per heavy atom. The number of aromatic nitrogens is 1. The summed E-state index contributed by atoms with van der Waals surface area (Å²) in [6.45, 7) is 11.7. The summed E-state index contributed by atoms with van der Waals surface area (Å²) in [5.74, 6) is 0.752. The number of hydrogen-bond acceptors (Lipinski definition) is 5. The second-order valence-electron chi connectivity index (χ2n) is 6.71. The summed E-state index contributed by atoms with van der Waals surface area (Å²) >= 11 is 1.74. The topological polar surface area (TPSA) is 87.6 Å². The molecule has 0 saturated carbocycles. The smallest absolute Gasteiger partial charge is 0.407 e. The Kier molecular flexibility index (Phi) is 8.68. The third-order valence-electron chi connectivity index (χ3n) is 3.24. The highest BCUT2D eigenvalue weighted by Gasteiger charge is 2.15. The lowest BCUT2D eigenvalue weighted by Crippen LogP contribution is -2.40. The van der Waals surface area contributed by atoms with Gasteiger partial charge in [0.05, 0.1) is 10.7 Å². The molecule has 0 aliphatic heterocycles. The largest absolute Gasteiger partial charge is 0.444 e. The van der Waals surface area contributed by atoms with Crippen LogP contribution in [-0.2, 0) is 11.2 Å². The van der Waals surface area contributed by atoms with Gasteiger partial charge in [-0.3, -0.25) is 4.99 Å². The van der Waals surface area contributed by atoms with E-state index in [-0.39, 0.29) is 6.09 Å². The number of guanidine groups is 1. The summed E-state index contributed by atoms with van der Waals surface area (Å²) in [5.41, 5.74) is 0.642. The van der Waals surface area contributed by atoms with Gasteiger partial charge in [-0.25, -0.2) is 9.78 Å². The third-order valence-corrected chi connectivity index (χ3v) is 4.37. The normalized spacial score (nSPS) is 12.0. The Balaban J connectivity index is 2.15. The van der Waals surface area contributed by atoms with Crippen molar-refractivity contribution in [3.63, 3.8) is 0 Å². The van der Waals surface area contributed by atoms with Gasteiger partial charge in [-0.05, 0) is 41.0 Å². The Labute approximate surface area is 154 Å². The highest BCUT2D eigenvalue weighted by molar-refractivity contribution is 7.11. The van der Waals surface area contributed by atoms with Gasteiger partial charge in [-0.1, -0.05) is 0 Å². The number of aryl methyl sites for hydroxylation is 2. The van der Waals surface area contributed by atoms with Crippen LogP contribution in [-0.4, -0.2) is 49.3 Å². The fourth-order valence-corrected chi connectivity index (χ4v) is 2.89. The number of carbonyl (C=O) groups excluding carboxylic acids is 1. The molecule has 1 aromatic heterocycles. The molecule has 1 amide bonds. The summed E-state index contributed by atoms with van der Waals surface area (Å²) in [6, 6.07) is 0. The molecule has 0 fully saturated rings. The maximum atomic E-state index is 11.5. The van der Waals surface area contributed by atoms with E-state index in [1.165, 1.54) is 4.88 Å². The van der Waals surface area contributed by atoms with Crippen molar-refractivity contribution in [2.45, 2.75) is 53.1 Å². The molecule has 0 aliphatic rings. The molecule has 3 N–H and O–H groups in total. The number of rotatable bonds is 7. The summed E-state index contributed by atoms with van der Waals surface area (Å²) < 4.78 is 5.18. The second kappa shape index (κ2) is 10.2. The monoisotopic (exact) mass is 369 g/mol. The second-order valence-corrected chi connectivity index (χ2v) is 7.99. The SMILES string of the molecule is CN=C(NCCCNC(=O)OC(C)(C)C)NCCc1nc(C)c(C)s1. The summed E-state index contributed by atoms with van der Waals surface area (Å²) in [6.07, 6.45) is 1.27. The summed E-state index contributed by atoms with van der Waals surface area (Å²) in [4.78, 5) is 21.5. The lowest BCUT2D eigenvalue weighted by Gasteiger charge is -2.19. The Morgan fingerprint density at radius 2 is 1.80 bits per heavy atom. The minimum Gasteiger partial charge on any atom is -0.444 e. The van der Waals surface area contributed by atoms with Crippen molar-refractivity contribution >= 4 is 23.4 Å².